The fourth-order valence-electron chi connectivity index (χ4n) is 1.25. The molecule has 1 amide bonds. The van der Waals surface area contributed by atoms with Gasteiger partial charge in [0.05, 0.1) is 13.2 Å². The number of amides is 1. The smallest absolute Gasteiger partial charge is 0.219 e. The summed E-state index contributed by atoms with van der Waals surface area (Å²) in [6, 6.07) is 0. The maximum absolute atomic E-state index is 11.1. The normalized spacial score (nSPS) is 18.9. The van der Waals surface area contributed by atoms with E-state index in [1.165, 1.54) is 0 Å². The van der Waals surface area contributed by atoms with Crippen molar-refractivity contribution in [3.63, 3.8) is 0 Å². The second-order valence-electron chi connectivity index (χ2n) is 3.84. The molecule has 0 aliphatic carbocycles. The van der Waals surface area contributed by atoms with Gasteiger partial charge in [0.2, 0.25) is 5.91 Å². The molecule has 0 spiro atoms. The highest BCUT2D eigenvalue weighted by Gasteiger charge is 2.21. The Morgan fingerprint density at radius 2 is 2.33 bits per heavy atom. The summed E-state index contributed by atoms with van der Waals surface area (Å²) in [5, 5.41) is 2.88. The molecule has 1 atom stereocenters. The standard InChI is InChI=1S/C11H21NO3/c1-2-5-11(13)12-6-3-4-7-14-8-10-9-15-10/h10H,2-9H2,1H3,(H,12,13). The highest BCUT2D eigenvalue weighted by Crippen LogP contribution is 2.08. The third-order valence-corrected chi connectivity index (χ3v) is 2.22. The van der Waals surface area contributed by atoms with Crippen LogP contribution in [0.15, 0.2) is 0 Å². The van der Waals surface area contributed by atoms with Crippen molar-refractivity contribution in [1.29, 1.82) is 0 Å². The second-order valence-corrected chi connectivity index (χ2v) is 3.84. The number of nitrogens with one attached hydrogen (secondary N) is 1. The molecule has 15 heavy (non-hydrogen) atoms. The molecule has 1 heterocycles. The van der Waals surface area contributed by atoms with Crippen molar-refractivity contribution in [2.75, 3.05) is 26.4 Å². The lowest BCUT2D eigenvalue weighted by atomic mass is 10.3. The van der Waals surface area contributed by atoms with Crippen molar-refractivity contribution >= 4 is 5.91 Å². The van der Waals surface area contributed by atoms with Gasteiger partial charge in [-0.1, -0.05) is 6.92 Å². The monoisotopic (exact) mass is 215 g/mol. The van der Waals surface area contributed by atoms with E-state index in [9.17, 15) is 4.79 Å². The molecule has 1 unspecified atom stereocenters. The molecule has 0 radical (unpaired) electrons. The van der Waals surface area contributed by atoms with Gasteiger partial charge in [0.25, 0.3) is 0 Å². The molecule has 0 bridgehead atoms. The topological polar surface area (TPSA) is 50.9 Å². The van der Waals surface area contributed by atoms with Crippen molar-refractivity contribution in [2.45, 2.75) is 38.7 Å². The van der Waals surface area contributed by atoms with Crippen molar-refractivity contribution in [3.05, 3.63) is 0 Å². The van der Waals surface area contributed by atoms with E-state index in [1.54, 1.807) is 0 Å². The van der Waals surface area contributed by atoms with Crippen LogP contribution in [-0.2, 0) is 14.3 Å². The largest absolute Gasteiger partial charge is 0.379 e. The number of epoxide rings is 1. The van der Waals surface area contributed by atoms with Crippen LogP contribution in [-0.4, -0.2) is 38.4 Å². The summed E-state index contributed by atoms with van der Waals surface area (Å²) in [5.41, 5.74) is 0. The van der Waals surface area contributed by atoms with Crippen LogP contribution in [0.25, 0.3) is 0 Å². The molecule has 0 aromatic rings. The van der Waals surface area contributed by atoms with Gasteiger partial charge < -0.3 is 14.8 Å². The summed E-state index contributed by atoms with van der Waals surface area (Å²) < 4.78 is 10.4. The number of ether oxygens (including phenoxy) is 2. The van der Waals surface area contributed by atoms with Crippen LogP contribution in [0.5, 0.6) is 0 Å². The predicted molar refractivity (Wildman–Crippen MR) is 57.7 cm³/mol. The quantitative estimate of drug-likeness (QED) is 0.463. The summed E-state index contributed by atoms with van der Waals surface area (Å²) in [6.45, 7) is 5.12. The highest BCUT2D eigenvalue weighted by atomic mass is 16.6. The molecular formula is C11H21NO3. The first-order valence-corrected chi connectivity index (χ1v) is 5.79. The lowest BCUT2D eigenvalue weighted by molar-refractivity contribution is -0.121. The van der Waals surface area contributed by atoms with E-state index in [4.69, 9.17) is 9.47 Å². The van der Waals surface area contributed by atoms with Crippen LogP contribution in [0.3, 0.4) is 0 Å². The highest BCUT2D eigenvalue weighted by molar-refractivity contribution is 5.75. The zero-order valence-corrected chi connectivity index (χ0v) is 9.46. The summed E-state index contributed by atoms with van der Waals surface area (Å²) in [6.07, 6.45) is 3.89. The van der Waals surface area contributed by atoms with Crippen LogP contribution in [0.1, 0.15) is 32.6 Å². The first-order valence-electron chi connectivity index (χ1n) is 5.79. The van der Waals surface area contributed by atoms with Gasteiger partial charge in [-0.25, -0.2) is 0 Å². The van der Waals surface area contributed by atoms with Crippen molar-refractivity contribution in [1.82, 2.24) is 5.32 Å². The van der Waals surface area contributed by atoms with Gasteiger partial charge in [-0.3, -0.25) is 4.79 Å². The summed E-state index contributed by atoms with van der Waals surface area (Å²) in [7, 11) is 0. The Morgan fingerprint density at radius 1 is 1.53 bits per heavy atom. The van der Waals surface area contributed by atoms with Crippen LogP contribution in [0, 0.1) is 0 Å². The number of carbonyl (C=O) groups is 1. The first-order chi connectivity index (χ1) is 7.33. The average Bonchev–Trinajstić information content (AvgIpc) is 3.00. The third kappa shape index (κ3) is 7.33. The van der Waals surface area contributed by atoms with Gasteiger partial charge >= 0.3 is 0 Å². The molecule has 4 heteroatoms. The molecule has 88 valence electrons. The minimum absolute atomic E-state index is 0.157. The molecule has 1 fully saturated rings. The van der Waals surface area contributed by atoms with Crippen LogP contribution >= 0.6 is 0 Å². The molecule has 1 rings (SSSR count). The third-order valence-electron chi connectivity index (χ3n) is 2.22. The maximum Gasteiger partial charge on any atom is 0.219 e. The van der Waals surface area contributed by atoms with Gasteiger partial charge in [-0.15, -0.1) is 0 Å². The van der Waals surface area contributed by atoms with E-state index in [0.29, 0.717) is 12.5 Å². The molecular weight excluding hydrogens is 194 g/mol. The first kappa shape index (κ1) is 12.5. The number of unbranched alkanes of at least 4 members (excludes halogenated alkanes) is 1. The fraction of sp³-hybridized carbons (Fsp3) is 0.909. The Balaban J connectivity index is 1.73. The summed E-state index contributed by atoms with van der Waals surface area (Å²) in [5.74, 6) is 0.157. The molecule has 1 aliphatic rings. The van der Waals surface area contributed by atoms with Crippen LogP contribution in [0.4, 0.5) is 0 Å². The van der Waals surface area contributed by atoms with E-state index < -0.39 is 0 Å². The maximum atomic E-state index is 11.1. The van der Waals surface area contributed by atoms with E-state index in [-0.39, 0.29) is 5.91 Å². The molecule has 1 aliphatic heterocycles. The van der Waals surface area contributed by atoms with Gasteiger partial charge in [-0.05, 0) is 19.3 Å². The van der Waals surface area contributed by atoms with E-state index in [0.717, 1.165) is 45.6 Å². The zero-order valence-electron chi connectivity index (χ0n) is 9.46. The van der Waals surface area contributed by atoms with Crippen molar-refractivity contribution in [2.24, 2.45) is 0 Å². The fourth-order valence-corrected chi connectivity index (χ4v) is 1.25. The Bertz CT molecular complexity index is 181. The van der Waals surface area contributed by atoms with Gasteiger partial charge in [0, 0.05) is 19.6 Å². The van der Waals surface area contributed by atoms with E-state index in [1.807, 2.05) is 6.92 Å². The number of hydrogen-bond donors (Lipinski definition) is 1. The Kier molecular flexibility index (Phi) is 6.36. The molecule has 1 saturated heterocycles. The zero-order chi connectivity index (χ0) is 10.9. The van der Waals surface area contributed by atoms with E-state index >= 15 is 0 Å². The van der Waals surface area contributed by atoms with Crippen LogP contribution in [0.2, 0.25) is 0 Å². The Labute approximate surface area is 91.3 Å². The summed E-state index contributed by atoms with van der Waals surface area (Å²) in [4.78, 5) is 11.1. The van der Waals surface area contributed by atoms with E-state index in [2.05, 4.69) is 5.32 Å². The van der Waals surface area contributed by atoms with Crippen molar-refractivity contribution in [3.8, 4) is 0 Å². The Morgan fingerprint density at radius 3 is 3.00 bits per heavy atom. The van der Waals surface area contributed by atoms with Gasteiger partial charge in [0.1, 0.15) is 6.10 Å². The minimum atomic E-state index is 0.157. The molecule has 0 aromatic heterocycles. The van der Waals surface area contributed by atoms with Gasteiger partial charge in [-0.2, -0.15) is 0 Å². The lowest BCUT2D eigenvalue weighted by Crippen LogP contribution is -2.24. The predicted octanol–water partition coefficient (Wildman–Crippen LogP) is 1.10. The summed E-state index contributed by atoms with van der Waals surface area (Å²) >= 11 is 0. The minimum Gasteiger partial charge on any atom is -0.379 e. The SMILES string of the molecule is CCCC(=O)NCCCCOCC1CO1. The Hall–Kier alpha value is -0.610. The number of hydrogen-bond acceptors (Lipinski definition) is 3. The number of rotatable bonds is 9. The molecule has 1 N–H and O–H groups in total. The average molecular weight is 215 g/mol. The second kappa shape index (κ2) is 7.65. The van der Waals surface area contributed by atoms with Gasteiger partial charge in [0.15, 0.2) is 0 Å². The molecule has 4 nitrogen and oxygen atoms in total. The molecule has 0 aromatic carbocycles. The molecule has 0 saturated carbocycles. The lowest BCUT2D eigenvalue weighted by Gasteiger charge is -2.04. The van der Waals surface area contributed by atoms with Crippen LogP contribution < -0.4 is 5.32 Å². The van der Waals surface area contributed by atoms with Crippen molar-refractivity contribution < 1.29 is 14.3 Å². The number of carbonyl (C=O) groups excluding carboxylic acids is 1.